The van der Waals surface area contributed by atoms with Crippen LogP contribution in [0.1, 0.15) is 18.4 Å². The predicted molar refractivity (Wildman–Crippen MR) is 76.4 cm³/mol. The molecule has 2 aromatic carbocycles. The Balaban J connectivity index is 2.09. The number of hydrogen-bond donors (Lipinski definition) is 1. The number of hydrogen-bond acceptors (Lipinski definition) is 2. The van der Waals surface area contributed by atoms with Gasteiger partial charge in [-0.2, -0.15) is 0 Å². The summed E-state index contributed by atoms with van der Waals surface area (Å²) in [7, 11) is -3.86. The van der Waals surface area contributed by atoms with Gasteiger partial charge in [0.2, 0.25) is 10.0 Å². The van der Waals surface area contributed by atoms with Crippen LogP contribution in [-0.2, 0) is 10.0 Å². The molecule has 1 atom stereocenters. The quantitative estimate of drug-likeness (QED) is 0.922. The molecule has 0 aromatic heterocycles. The van der Waals surface area contributed by atoms with E-state index in [-0.39, 0.29) is 17.4 Å². The lowest BCUT2D eigenvalue weighted by Gasteiger charge is -2.13. The highest BCUT2D eigenvalue weighted by molar-refractivity contribution is 7.89. The molecule has 2 rings (SSSR count). The van der Waals surface area contributed by atoms with E-state index in [1.54, 1.807) is 0 Å². The molecule has 0 aliphatic heterocycles. The van der Waals surface area contributed by atoms with Crippen LogP contribution in [0.2, 0.25) is 0 Å². The predicted octanol–water partition coefficient (Wildman–Crippen LogP) is 3.05. The van der Waals surface area contributed by atoms with Crippen molar-refractivity contribution in [2.75, 3.05) is 6.54 Å². The summed E-state index contributed by atoms with van der Waals surface area (Å²) < 4.78 is 52.4. The Labute approximate surface area is 122 Å². The lowest BCUT2D eigenvalue weighted by atomic mass is 10.0. The van der Waals surface area contributed by atoms with Crippen molar-refractivity contribution >= 4 is 10.0 Å². The minimum absolute atomic E-state index is 0.0359. The first-order valence-electron chi connectivity index (χ1n) is 6.40. The molecule has 0 saturated carbocycles. The van der Waals surface area contributed by atoms with Crippen LogP contribution in [-0.4, -0.2) is 15.0 Å². The topological polar surface area (TPSA) is 46.2 Å². The second-order valence-corrected chi connectivity index (χ2v) is 6.51. The Bertz CT molecular complexity index is 718. The monoisotopic (exact) mass is 311 g/mol. The second kappa shape index (κ2) is 6.32. The van der Waals surface area contributed by atoms with E-state index in [0.29, 0.717) is 6.07 Å². The molecule has 3 nitrogen and oxygen atoms in total. The molecule has 2 aromatic rings. The summed E-state index contributed by atoms with van der Waals surface area (Å²) in [5.41, 5.74) is 0.991. The molecule has 0 saturated heterocycles. The molecule has 1 N–H and O–H groups in total. The van der Waals surface area contributed by atoms with Crippen molar-refractivity contribution in [3.63, 3.8) is 0 Å². The number of halogens is 2. The zero-order valence-corrected chi connectivity index (χ0v) is 12.2. The largest absolute Gasteiger partial charge is 0.240 e. The third kappa shape index (κ3) is 3.86. The summed E-state index contributed by atoms with van der Waals surface area (Å²) >= 11 is 0. The van der Waals surface area contributed by atoms with Crippen molar-refractivity contribution < 1.29 is 17.2 Å². The molecule has 21 heavy (non-hydrogen) atoms. The van der Waals surface area contributed by atoms with Gasteiger partial charge in [0.05, 0.1) is 4.90 Å². The summed E-state index contributed by atoms with van der Waals surface area (Å²) in [5.74, 6) is -2.30. The van der Waals surface area contributed by atoms with Gasteiger partial charge in [-0.05, 0) is 29.7 Å². The maximum Gasteiger partial charge on any atom is 0.240 e. The standard InChI is InChI=1S/C15H15F2NO2S/c1-11(12-5-3-2-4-6-12)10-18-21(19,20)13-7-8-14(16)15(17)9-13/h2-9,11,18H,10H2,1H3/t11-/m0/s1. The molecule has 6 heteroatoms. The van der Waals surface area contributed by atoms with Crippen LogP contribution < -0.4 is 4.72 Å². The molecule has 0 unspecified atom stereocenters. The molecular formula is C15H15F2NO2S. The molecule has 0 aliphatic rings. The van der Waals surface area contributed by atoms with E-state index in [4.69, 9.17) is 0 Å². The molecule has 0 spiro atoms. The molecule has 0 amide bonds. The van der Waals surface area contributed by atoms with Gasteiger partial charge in [-0.25, -0.2) is 21.9 Å². The van der Waals surface area contributed by atoms with Crippen LogP contribution in [0.3, 0.4) is 0 Å². The van der Waals surface area contributed by atoms with Gasteiger partial charge in [-0.1, -0.05) is 37.3 Å². The number of nitrogens with one attached hydrogen (secondary N) is 1. The third-order valence-electron chi connectivity index (χ3n) is 3.15. The molecular weight excluding hydrogens is 296 g/mol. The Morgan fingerprint density at radius 3 is 2.33 bits per heavy atom. The fraction of sp³-hybridized carbons (Fsp3) is 0.200. The number of rotatable bonds is 5. The molecule has 0 heterocycles. The summed E-state index contributed by atoms with van der Waals surface area (Å²) in [5, 5.41) is 0. The number of sulfonamides is 1. The van der Waals surface area contributed by atoms with Gasteiger partial charge < -0.3 is 0 Å². The van der Waals surface area contributed by atoms with Gasteiger partial charge in [0, 0.05) is 6.54 Å². The summed E-state index contributed by atoms with van der Waals surface area (Å²) in [4.78, 5) is -0.290. The van der Waals surface area contributed by atoms with Crippen molar-refractivity contribution in [1.29, 1.82) is 0 Å². The highest BCUT2D eigenvalue weighted by atomic mass is 32.2. The zero-order valence-electron chi connectivity index (χ0n) is 11.4. The molecule has 0 aliphatic carbocycles. The van der Waals surface area contributed by atoms with E-state index in [9.17, 15) is 17.2 Å². The third-order valence-corrected chi connectivity index (χ3v) is 4.57. The van der Waals surface area contributed by atoms with Gasteiger partial charge in [-0.3, -0.25) is 0 Å². The van der Waals surface area contributed by atoms with Crippen LogP contribution in [0.25, 0.3) is 0 Å². The molecule has 0 fully saturated rings. The van der Waals surface area contributed by atoms with E-state index >= 15 is 0 Å². The van der Waals surface area contributed by atoms with Crippen LogP contribution in [0, 0.1) is 11.6 Å². The second-order valence-electron chi connectivity index (χ2n) is 4.74. The van der Waals surface area contributed by atoms with Crippen LogP contribution in [0.5, 0.6) is 0 Å². The average Bonchev–Trinajstić information content (AvgIpc) is 2.48. The smallest absolute Gasteiger partial charge is 0.211 e. The van der Waals surface area contributed by atoms with Crippen LogP contribution in [0.4, 0.5) is 8.78 Å². The van der Waals surface area contributed by atoms with E-state index in [1.165, 1.54) is 0 Å². The Morgan fingerprint density at radius 2 is 1.71 bits per heavy atom. The van der Waals surface area contributed by atoms with Crippen LogP contribution in [0.15, 0.2) is 53.4 Å². The van der Waals surface area contributed by atoms with Gasteiger partial charge in [0.25, 0.3) is 0 Å². The van der Waals surface area contributed by atoms with E-state index in [0.717, 1.165) is 17.7 Å². The van der Waals surface area contributed by atoms with Crippen molar-refractivity contribution in [2.45, 2.75) is 17.7 Å². The molecule has 0 bridgehead atoms. The molecule has 112 valence electrons. The lowest BCUT2D eigenvalue weighted by molar-refractivity contribution is 0.504. The highest BCUT2D eigenvalue weighted by Gasteiger charge is 2.17. The Morgan fingerprint density at radius 1 is 1.05 bits per heavy atom. The summed E-state index contributed by atoms with van der Waals surface area (Å²) in [6.07, 6.45) is 0. The maximum atomic E-state index is 13.1. The fourth-order valence-corrected chi connectivity index (χ4v) is 3.00. The lowest BCUT2D eigenvalue weighted by Crippen LogP contribution is -2.27. The van der Waals surface area contributed by atoms with Crippen molar-refractivity contribution in [1.82, 2.24) is 4.72 Å². The zero-order chi connectivity index (χ0) is 15.5. The number of benzene rings is 2. The van der Waals surface area contributed by atoms with E-state index < -0.39 is 21.7 Å². The van der Waals surface area contributed by atoms with Gasteiger partial charge >= 0.3 is 0 Å². The Kier molecular flexibility index (Phi) is 4.69. The minimum Gasteiger partial charge on any atom is -0.211 e. The van der Waals surface area contributed by atoms with Crippen molar-refractivity contribution in [3.8, 4) is 0 Å². The van der Waals surface area contributed by atoms with E-state index in [1.807, 2.05) is 37.3 Å². The maximum absolute atomic E-state index is 13.1. The van der Waals surface area contributed by atoms with Gasteiger partial charge in [-0.15, -0.1) is 0 Å². The van der Waals surface area contributed by atoms with E-state index in [2.05, 4.69) is 4.72 Å². The first-order chi connectivity index (χ1) is 9.90. The SMILES string of the molecule is C[C@@H](CNS(=O)(=O)c1ccc(F)c(F)c1)c1ccccc1. The highest BCUT2D eigenvalue weighted by Crippen LogP contribution is 2.16. The molecule has 0 radical (unpaired) electrons. The van der Waals surface area contributed by atoms with Crippen molar-refractivity contribution in [2.24, 2.45) is 0 Å². The minimum atomic E-state index is -3.86. The van der Waals surface area contributed by atoms with Crippen molar-refractivity contribution in [3.05, 3.63) is 65.7 Å². The Hall–Kier alpha value is -1.79. The summed E-state index contributed by atoms with van der Waals surface area (Å²) in [6.45, 7) is 2.05. The first kappa shape index (κ1) is 15.6. The average molecular weight is 311 g/mol. The van der Waals surface area contributed by atoms with Gasteiger partial charge in [0.15, 0.2) is 11.6 Å². The fourth-order valence-electron chi connectivity index (χ4n) is 1.86. The first-order valence-corrected chi connectivity index (χ1v) is 7.88. The summed E-state index contributed by atoms with van der Waals surface area (Å²) in [6, 6.07) is 11.9. The van der Waals surface area contributed by atoms with Gasteiger partial charge in [0.1, 0.15) is 0 Å². The van der Waals surface area contributed by atoms with Crippen LogP contribution >= 0.6 is 0 Å². The normalized spacial score (nSPS) is 13.1.